The number of nitrogens with two attached hydrogens (primary N) is 1. The van der Waals surface area contributed by atoms with Crippen LogP contribution >= 0.6 is 11.8 Å². The zero-order valence-electron chi connectivity index (χ0n) is 9.03. The molecule has 0 aliphatic carbocycles. The molecule has 0 aliphatic heterocycles. The first-order chi connectivity index (χ1) is 7.63. The average Bonchev–Trinajstić information content (AvgIpc) is 2.26. The van der Waals surface area contributed by atoms with Gasteiger partial charge in [-0.05, 0) is 17.7 Å². The van der Waals surface area contributed by atoms with Gasteiger partial charge < -0.3 is 10.5 Å². The molecule has 0 aromatic heterocycles. The highest BCUT2D eigenvalue weighted by Gasteiger charge is 2.03. The normalized spacial score (nSPS) is 10.1. The van der Waals surface area contributed by atoms with Crippen molar-refractivity contribution in [3.05, 3.63) is 29.6 Å². The van der Waals surface area contributed by atoms with Gasteiger partial charge in [0.25, 0.3) is 0 Å². The average molecular weight is 243 g/mol. The largest absolute Gasteiger partial charge is 0.469 e. The fourth-order valence-corrected chi connectivity index (χ4v) is 2.08. The summed E-state index contributed by atoms with van der Waals surface area (Å²) in [5.74, 6) is 0.785. The summed E-state index contributed by atoms with van der Waals surface area (Å²) in [5.41, 5.74) is 6.98. The maximum absolute atomic E-state index is 12.7. The molecule has 3 nitrogen and oxygen atoms in total. The molecule has 0 bridgehead atoms. The van der Waals surface area contributed by atoms with Crippen LogP contribution in [0, 0.1) is 5.82 Å². The zero-order chi connectivity index (χ0) is 12.0. The van der Waals surface area contributed by atoms with Gasteiger partial charge in [0.1, 0.15) is 5.82 Å². The highest BCUT2D eigenvalue weighted by atomic mass is 32.2. The van der Waals surface area contributed by atoms with Crippen molar-refractivity contribution < 1.29 is 13.9 Å². The van der Waals surface area contributed by atoms with Gasteiger partial charge in [0.2, 0.25) is 0 Å². The molecule has 0 radical (unpaired) electrons. The lowest BCUT2D eigenvalue weighted by atomic mass is 10.2. The van der Waals surface area contributed by atoms with E-state index in [9.17, 15) is 9.18 Å². The molecule has 0 unspecified atom stereocenters. The smallest absolute Gasteiger partial charge is 0.306 e. The lowest BCUT2D eigenvalue weighted by Crippen LogP contribution is -2.01. The molecule has 0 saturated carbocycles. The molecule has 5 heteroatoms. The van der Waals surface area contributed by atoms with Crippen LogP contribution in [0.2, 0.25) is 0 Å². The van der Waals surface area contributed by atoms with E-state index >= 15 is 0 Å². The third kappa shape index (κ3) is 4.10. The number of rotatable bonds is 5. The van der Waals surface area contributed by atoms with Crippen molar-refractivity contribution in [3.63, 3.8) is 0 Å². The summed E-state index contributed by atoms with van der Waals surface area (Å²) in [6.07, 6.45) is 0.377. The number of ether oxygens (including phenoxy) is 1. The Morgan fingerprint density at radius 2 is 2.31 bits per heavy atom. The molecule has 0 amide bonds. The number of nitrogen functional groups attached to an aromatic ring is 1. The maximum Gasteiger partial charge on any atom is 0.306 e. The molecule has 88 valence electrons. The molecular weight excluding hydrogens is 229 g/mol. The van der Waals surface area contributed by atoms with Crippen LogP contribution in [0.5, 0.6) is 0 Å². The lowest BCUT2D eigenvalue weighted by molar-refractivity contribution is -0.140. The first kappa shape index (κ1) is 12.8. The number of hydrogen-bond acceptors (Lipinski definition) is 4. The Hall–Kier alpha value is -1.23. The summed E-state index contributed by atoms with van der Waals surface area (Å²) in [6, 6.07) is 4.35. The second-order valence-electron chi connectivity index (χ2n) is 3.22. The number of carbonyl (C=O) groups excluding carboxylic acids is 1. The van der Waals surface area contributed by atoms with Crippen LogP contribution in [0.25, 0.3) is 0 Å². The van der Waals surface area contributed by atoms with Gasteiger partial charge in [-0.2, -0.15) is 11.8 Å². The van der Waals surface area contributed by atoms with E-state index in [1.807, 2.05) is 0 Å². The lowest BCUT2D eigenvalue weighted by Gasteiger charge is -2.05. The molecule has 1 aromatic rings. The summed E-state index contributed by atoms with van der Waals surface area (Å²) < 4.78 is 17.3. The van der Waals surface area contributed by atoms with Gasteiger partial charge in [0.15, 0.2) is 0 Å². The van der Waals surface area contributed by atoms with E-state index in [1.54, 1.807) is 17.8 Å². The van der Waals surface area contributed by atoms with Crippen molar-refractivity contribution in [2.24, 2.45) is 0 Å². The number of hydrogen-bond donors (Lipinski definition) is 1. The third-order valence-electron chi connectivity index (χ3n) is 2.04. The van der Waals surface area contributed by atoms with Crippen molar-refractivity contribution >= 4 is 23.4 Å². The van der Waals surface area contributed by atoms with Crippen molar-refractivity contribution in [3.8, 4) is 0 Å². The maximum atomic E-state index is 12.7. The minimum Gasteiger partial charge on any atom is -0.469 e. The SMILES string of the molecule is COC(=O)CCSCc1ccc(F)cc1N. The number of esters is 1. The van der Waals surface area contributed by atoms with E-state index in [0.29, 0.717) is 23.6 Å². The molecule has 0 aliphatic rings. The molecule has 0 saturated heterocycles. The molecule has 0 atom stereocenters. The van der Waals surface area contributed by atoms with E-state index in [4.69, 9.17) is 5.73 Å². The number of benzene rings is 1. The standard InChI is InChI=1S/C11H14FNO2S/c1-15-11(14)4-5-16-7-8-2-3-9(12)6-10(8)13/h2-3,6H,4-5,7,13H2,1H3. The Morgan fingerprint density at radius 3 is 2.94 bits per heavy atom. The second-order valence-corrected chi connectivity index (χ2v) is 4.33. The molecule has 16 heavy (non-hydrogen) atoms. The molecule has 0 heterocycles. The molecule has 0 fully saturated rings. The fraction of sp³-hybridized carbons (Fsp3) is 0.364. The van der Waals surface area contributed by atoms with E-state index in [-0.39, 0.29) is 11.8 Å². The number of halogens is 1. The summed E-state index contributed by atoms with van der Waals surface area (Å²) in [6.45, 7) is 0. The van der Waals surface area contributed by atoms with Crippen molar-refractivity contribution in [2.75, 3.05) is 18.6 Å². The Morgan fingerprint density at radius 1 is 1.56 bits per heavy atom. The zero-order valence-corrected chi connectivity index (χ0v) is 9.85. The monoisotopic (exact) mass is 243 g/mol. The molecule has 2 N–H and O–H groups in total. The number of anilines is 1. The van der Waals surface area contributed by atoms with Crippen LogP contribution in [0.4, 0.5) is 10.1 Å². The Bertz CT molecular complexity index is 371. The quantitative estimate of drug-likeness (QED) is 0.489. The molecule has 0 spiro atoms. The van der Waals surface area contributed by atoms with Crippen LogP contribution in [0.1, 0.15) is 12.0 Å². The van der Waals surface area contributed by atoms with Crippen LogP contribution in [-0.4, -0.2) is 18.8 Å². The van der Waals surface area contributed by atoms with Gasteiger partial charge in [-0.25, -0.2) is 4.39 Å². The predicted octanol–water partition coefficient (Wildman–Crippen LogP) is 2.20. The van der Waals surface area contributed by atoms with E-state index in [2.05, 4.69) is 4.74 Å². The van der Waals surface area contributed by atoms with Crippen LogP contribution < -0.4 is 5.73 Å². The van der Waals surface area contributed by atoms with Crippen LogP contribution in [0.3, 0.4) is 0 Å². The van der Waals surface area contributed by atoms with Crippen LogP contribution in [0.15, 0.2) is 18.2 Å². The van der Waals surface area contributed by atoms with Gasteiger partial charge in [-0.1, -0.05) is 6.07 Å². The summed E-state index contributed by atoms with van der Waals surface area (Å²) in [4.78, 5) is 10.8. The van der Waals surface area contributed by atoms with Crippen molar-refractivity contribution in [2.45, 2.75) is 12.2 Å². The summed E-state index contributed by atoms with van der Waals surface area (Å²) in [5, 5.41) is 0. The second kappa shape index (κ2) is 6.37. The highest BCUT2D eigenvalue weighted by molar-refractivity contribution is 7.98. The molecule has 1 rings (SSSR count). The minimum atomic E-state index is -0.333. The predicted molar refractivity (Wildman–Crippen MR) is 63.6 cm³/mol. The van der Waals surface area contributed by atoms with Gasteiger partial charge in [-0.15, -0.1) is 0 Å². The number of carbonyl (C=O) groups is 1. The highest BCUT2D eigenvalue weighted by Crippen LogP contribution is 2.20. The van der Waals surface area contributed by atoms with Crippen molar-refractivity contribution in [1.29, 1.82) is 0 Å². The molecule has 1 aromatic carbocycles. The minimum absolute atomic E-state index is 0.223. The van der Waals surface area contributed by atoms with E-state index < -0.39 is 0 Å². The van der Waals surface area contributed by atoms with Crippen LogP contribution in [-0.2, 0) is 15.3 Å². The number of methoxy groups -OCH3 is 1. The fourth-order valence-electron chi connectivity index (χ4n) is 1.14. The van der Waals surface area contributed by atoms with E-state index in [0.717, 1.165) is 5.56 Å². The van der Waals surface area contributed by atoms with Gasteiger partial charge in [0.05, 0.1) is 13.5 Å². The molecular formula is C11H14FNO2S. The first-order valence-electron chi connectivity index (χ1n) is 4.82. The summed E-state index contributed by atoms with van der Waals surface area (Å²) in [7, 11) is 1.37. The van der Waals surface area contributed by atoms with Gasteiger partial charge >= 0.3 is 5.97 Å². The topological polar surface area (TPSA) is 52.3 Å². The van der Waals surface area contributed by atoms with Gasteiger partial charge in [-0.3, -0.25) is 4.79 Å². The third-order valence-corrected chi connectivity index (χ3v) is 3.05. The van der Waals surface area contributed by atoms with Crippen molar-refractivity contribution in [1.82, 2.24) is 0 Å². The van der Waals surface area contributed by atoms with Gasteiger partial charge in [0, 0.05) is 17.2 Å². The Kier molecular flexibility index (Phi) is 5.11. The van der Waals surface area contributed by atoms with E-state index in [1.165, 1.54) is 19.2 Å². The first-order valence-corrected chi connectivity index (χ1v) is 5.97. The number of thioether (sulfide) groups is 1. The summed E-state index contributed by atoms with van der Waals surface area (Å²) >= 11 is 1.57. The Balaban J connectivity index is 2.35. The Labute approximate surface area is 98.2 Å².